The summed E-state index contributed by atoms with van der Waals surface area (Å²) in [6.45, 7) is 5.08. The zero-order chi connectivity index (χ0) is 24.4. The number of anilines is 1. The first-order valence-corrected chi connectivity index (χ1v) is 12.3. The molecule has 4 heterocycles. The van der Waals surface area contributed by atoms with Gasteiger partial charge in [0.1, 0.15) is 11.2 Å². The third kappa shape index (κ3) is 4.48. The maximum absolute atomic E-state index is 14.0. The van der Waals surface area contributed by atoms with Crippen LogP contribution >= 0.6 is 0 Å². The molecule has 0 spiro atoms. The lowest BCUT2D eigenvalue weighted by molar-refractivity contribution is -0.140. The van der Waals surface area contributed by atoms with Crippen molar-refractivity contribution in [3.8, 4) is 17.0 Å². The number of aromatic nitrogens is 3. The maximum Gasteiger partial charge on any atom is 0.236 e. The van der Waals surface area contributed by atoms with E-state index >= 15 is 0 Å². The fraction of sp³-hybridized carbons (Fsp3) is 0.462. The standard InChI is InChI=1S/C26H32N6O3/c1-18-15-24(35-30-18)26(25(34)31(2)19-7-11-27-12-8-19)9-13-32(14-10-26)20-16-22(29-28-17-20)21-5-3-4-6-23(21)33/h3-6,15-17,19,27,33H,7-14H2,1-2H3. The van der Waals surface area contributed by atoms with Crippen molar-refractivity contribution in [2.75, 3.05) is 38.1 Å². The Kier molecular flexibility index (Phi) is 6.42. The molecular weight excluding hydrogens is 444 g/mol. The lowest BCUT2D eigenvalue weighted by Gasteiger charge is -2.43. The molecule has 0 saturated carbocycles. The monoisotopic (exact) mass is 476 g/mol. The number of rotatable bonds is 5. The summed E-state index contributed by atoms with van der Waals surface area (Å²) in [4.78, 5) is 18.2. The maximum atomic E-state index is 14.0. The Labute approximate surface area is 205 Å². The van der Waals surface area contributed by atoms with E-state index < -0.39 is 5.41 Å². The molecule has 2 aliphatic heterocycles. The summed E-state index contributed by atoms with van der Waals surface area (Å²) >= 11 is 0. The van der Waals surface area contributed by atoms with Crippen molar-refractivity contribution in [3.05, 3.63) is 54.0 Å². The number of carbonyl (C=O) groups excluding carboxylic acids is 1. The van der Waals surface area contributed by atoms with Crippen LogP contribution < -0.4 is 10.2 Å². The molecule has 3 aromatic rings. The van der Waals surface area contributed by atoms with E-state index in [1.54, 1.807) is 18.3 Å². The number of nitrogens with zero attached hydrogens (tertiary/aromatic N) is 5. The fourth-order valence-electron chi connectivity index (χ4n) is 5.35. The van der Waals surface area contributed by atoms with Crippen molar-refractivity contribution in [2.24, 2.45) is 0 Å². The minimum absolute atomic E-state index is 0.114. The van der Waals surface area contributed by atoms with E-state index in [9.17, 15) is 9.90 Å². The van der Waals surface area contributed by atoms with Crippen LogP contribution in [-0.4, -0.2) is 70.5 Å². The van der Waals surface area contributed by atoms with E-state index in [-0.39, 0.29) is 17.7 Å². The van der Waals surface area contributed by atoms with Gasteiger partial charge in [-0.1, -0.05) is 17.3 Å². The van der Waals surface area contributed by atoms with Crippen molar-refractivity contribution in [1.82, 2.24) is 25.6 Å². The van der Waals surface area contributed by atoms with Crippen LogP contribution in [0.25, 0.3) is 11.3 Å². The van der Waals surface area contributed by atoms with Gasteiger partial charge in [0.2, 0.25) is 5.91 Å². The van der Waals surface area contributed by atoms with Gasteiger partial charge in [-0.3, -0.25) is 4.79 Å². The molecule has 1 aromatic carbocycles. The summed E-state index contributed by atoms with van der Waals surface area (Å²) in [5, 5.41) is 26.1. The molecule has 2 fully saturated rings. The van der Waals surface area contributed by atoms with Crippen molar-refractivity contribution in [3.63, 3.8) is 0 Å². The SMILES string of the molecule is Cc1cc(C2(C(=O)N(C)C3CCNCC3)CCN(c3cnnc(-c4ccccc4O)c3)CC2)on1. The Balaban J connectivity index is 1.39. The van der Waals surface area contributed by atoms with Gasteiger partial charge in [-0.2, -0.15) is 10.2 Å². The second kappa shape index (κ2) is 9.65. The Morgan fingerprint density at radius 1 is 1.20 bits per heavy atom. The summed E-state index contributed by atoms with van der Waals surface area (Å²) in [7, 11) is 1.93. The molecule has 9 nitrogen and oxygen atoms in total. The van der Waals surface area contributed by atoms with E-state index in [1.165, 1.54) is 0 Å². The summed E-state index contributed by atoms with van der Waals surface area (Å²) < 4.78 is 5.72. The fourth-order valence-corrected chi connectivity index (χ4v) is 5.35. The van der Waals surface area contributed by atoms with E-state index in [2.05, 4.69) is 25.6 Å². The van der Waals surface area contributed by atoms with Crippen molar-refractivity contribution in [2.45, 2.75) is 44.1 Å². The molecule has 0 atom stereocenters. The first-order valence-electron chi connectivity index (χ1n) is 12.3. The molecular formula is C26H32N6O3. The molecule has 2 aromatic heterocycles. The summed E-state index contributed by atoms with van der Waals surface area (Å²) in [5.74, 6) is 0.940. The number of carbonyl (C=O) groups is 1. The van der Waals surface area contributed by atoms with Crippen LogP contribution in [0.1, 0.15) is 37.1 Å². The van der Waals surface area contributed by atoms with Crippen LogP contribution in [0.5, 0.6) is 5.75 Å². The van der Waals surface area contributed by atoms with Gasteiger partial charge >= 0.3 is 0 Å². The average molecular weight is 477 g/mol. The second-order valence-corrected chi connectivity index (χ2v) is 9.62. The number of para-hydroxylation sites is 1. The highest BCUT2D eigenvalue weighted by Crippen LogP contribution is 2.40. The quantitative estimate of drug-likeness (QED) is 0.579. The van der Waals surface area contributed by atoms with E-state index in [4.69, 9.17) is 4.52 Å². The molecule has 1 amide bonds. The minimum atomic E-state index is -0.738. The third-order valence-corrected chi connectivity index (χ3v) is 7.49. The number of benzene rings is 1. The van der Waals surface area contributed by atoms with Gasteiger partial charge in [0.15, 0.2) is 5.76 Å². The van der Waals surface area contributed by atoms with Crippen LogP contribution in [0.2, 0.25) is 0 Å². The van der Waals surface area contributed by atoms with Gasteiger partial charge in [-0.15, -0.1) is 0 Å². The number of hydrogen-bond acceptors (Lipinski definition) is 8. The first-order chi connectivity index (χ1) is 17.0. The molecule has 0 bridgehead atoms. The first kappa shape index (κ1) is 23.3. The van der Waals surface area contributed by atoms with Gasteiger partial charge in [-0.05, 0) is 63.9 Å². The number of nitrogens with one attached hydrogen (secondary N) is 1. The highest BCUT2D eigenvalue weighted by atomic mass is 16.5. The van der Waals surface area contributed by atoms with Crippen LogP contribution in [-0.2, 0) is 10.2 Å². The van der Waals surface area contributed by atoms with E-state index in [0.29, 0.717) is 42.9 Å². The molecule has 0 aliphatic carbocycles. The Bertz CT molecular complexity index is 1180. The number of aromatic hydroxyl groups is 1. The third-order valence-electron chi connectivity index (χ3n) is 7.49. The molecule has 5 rings (SSSR count). The van der Waals surface area contributed by atoms with Gasteiger partial charge in [0.25, 0.3) is 0 Å². The van der Waals surface area contributed by atoms with Crippen LogP contribution in [0, 0.1) is 6.92 Å². The molecule has 0 radical (unpaired) electrons. The van der Waals surface area contributed by atoms with E-state index in [1.807, 2.05) is 43.1 Å². The van der Waals surface area contributed by atoms with Crippen molar-refractivity contribution in [1.29, 1.82) is 0 Å². The smallest absolute Gasteiger partial charge is 0.236 e. The predicted octanol–water partition coefficient (Wildman–Crippen LogP) is 2.89. The van der Waals surface area contributed by atoms with E-state index in [0.717, 1.165) is 37.3 Å². The lowest BCUT2D eigenvalue weighted by Crippen LogP contribution is -2.55. The summed E-state index contributed by atoms with van der Waals surface area (Å²) in [6.07, 6.45) is 4.88. The molecule has 184 valence electrons. The van der Waals surface area contributed by atoms with Gasteiger partial charge in [0.05, 0.1) is 23.3 Å². The average Bonchev–Trinajstić information content (AvgIpc) is 3.35. The van der Waals surface area contributed by atoms with Gasteiger partial charge in [0, 0.05) is 37.8 Å². The number of phenols is 1. The molecule has 2 aliphatic rings. The van der Waals surface area contributed by atoms with Crippen LogP contribution in [0.15, 0.2) is 47.1 Å². The van der Waals surface area contributed by atoms with Gasteiger partial charge in [-0.25, -0.2) is 0 Å². The Hall–Kier alpha value is -3.46. The molecule has 9 heteroatoms. The number of likely N-dealkylation sites (N-methyl/N-ethyl adjacent to an activating group) is 1. The largest absolute Gasteiger partial charge is 0.507 e. The van der Waals surface area contributed by atoms with Gasteiger partial charge < -0.3 is 24.7 Å². The minimum Gasteiger partial charge on any atom is -0.507 e. The molecule has 2 saturated heterocycles. The van der Waals surface area contributed by atoms with Crippen LogP contribution in [0.4, 0.5) is 5.69 Å². The number of aryl methyl sites for hydroxylation is 1. The number of amides is 1. The molecule has 2 N–H and O–H groups in total. The number of hydrogen-bond donors (Lipinski definition) is 2. The molecule has 35 heavy (non-hydrogen) atoms. The van der Waals surface area contributed by atoms with Crippen LogP contribution in [0.3, 0.4) is 0 Å². The zero-order valence-corrected chi connectivity index (χ0v) is 20.3. The normalized spacial score (nSPS) is 18.4. The zero-order valence-electron chi connectivity index (χ0n) is 20.3. The number of phenolic OH excluding ortho intramolecular Hbond substituents is 1. The Morgan fingerprint density at radius 2 is 1.94 bits per heavy atom. The number of piperidine rings is 2. The summed E-state index contributed by atoms with van der Waals surface area (Å²) in [5.41, 5.74) is 2.22. The van der Waals surface area contributed by atoms with Crippen molar-refractivity contribution >= 4 is 11.6 Å². The van der Waals surface area contributed by atoms with Crippen molar-refractivity contribution < 1.29 is 14.4 Å². The lowest BCUT2D eigenvalue weighted by atomic mass is 9.74. The highest BCUT2D eigenvalue weighted by molar-refractivity contribution is 5.88. The summed E-state index contributed by atoms with van der Waals surface area (Å²) in [6, 6.07) is 11.2. The highest BCUT2D eigenvalue weighted by Gasteiger charge is 2.48. The topological polar surface area (TPSA) is 108 Å². The predicted molar refractivity (Wildman–Crippen MR) is 132 cm³/mol. The second-order valence-electron chi connectivity index (χ2n) is 9.62. The Morgan fingerprint density at radius 3 is 2.63 bits per heavy atom. The molecule has 0 unspecified atom stereocenters.